The molecule has 0 aliphatic carbocycles. The van der Waals surface area contributed by atoms with Crippen LogP contribution < -0.4 is 10.2 Å². The molecule has 1 N–H and O–H groups in total. The average molecular weight is 663 g/mol. The summed E-state index contributed by atoms with van der Waals surface area (Å²) in [6.45, 7) is 7.08. The maximum Gasteiger partial charge on any atom is 0.253 e. The van der Waals surface area contributed by atoms with Crippen molar-refractivity contribution in [3.8, 4) is 0 Å². The van der Waals surface area contributed by atoms with Gasteiger partial charge in [-0.25, -0.2) is 13.8 Å². The zero-order valence-electron chi connectivity index (χ0n) is 21.6. The van der Waals surface area contributed by atoms with Gasteiger partial charge in [-0.1, -0.05) is 34.1 Å². The van der Waals surface area contributed by atoms with E-state index < -0.39 is 11.6 Å². The second-order valence-corrected chi connectivity index (χ2v) is 11.9. The number of likely N-dealkylation sites (tertiary alicyclic amines) is 1. The molecule has 2 fully saturated rings. The molecule has 39 heavy (non-hydrogen) atoms. The van der Waals surface area contributed by atoms with E-state index in [2.05, 4.69) is 81.1 Å². The second kappa shape index (κ2) is 12.8. The Hall–Kier alpha value is -2.40. The molecule has 0 atom stereocenters. The summed E-state index contributed by atoms with van der Waals surface area (Å²) in [5, 5.41) is 2.73. The Labute approximate surface area is 244 Å². The van der Waals surface area contributed by atoms with E-state index in [0.717, 1.165) is 72.7 Å². The number of anilines is 1. The van der Waals surface area contributed by atoms with Gasteiger partial charge in [0.05, 0.1) is 10.0 Å². The molecular weight excluding hydrogens is 632 g/mol. The van der Waals surface area contributed by atoms with Gasteiger partial charge >= 0.3 is 0 Å². The first-order valence-corrected chi connectivity index (χ1v) is 14.8. The number of pyridine rings is 1. The molecule has 0 radical (unpaired) electrons. The molecule has 0 bridgehead atoms. The normalized spacial score (nSPS) is 17.4. The van der Waals surface area contributed by atoms with Crippen LogP contribution in [0.4, 0.5) is 14.6 Å². The lowest BCUT2D eigenvalue weighted by Gasteiger charge is -2.43. The summed E-state index contributed by atoms with van der Waals surface area (Å²) in [5.74, 6) is -1.34. The van der Waals surface area contributed by atoms with E-state index in [-0.39, 0.29) is 12.5 Å². The maximum absolute atomic E-state index is 13.4. The van der Waals surface area contributed by atoms with Crippen molar-refractivity contribution in [3.05, 3.63) is 92.0 Å². The lowest BCUT2D eigenvalue weighted by atomic mass is 10.0. The number of piperazine rings is 1. The molecule has 3 aromatic rings. The number of carbonyl (C=O) groups excluding carboxylic acids is 1. The monoisotopic (exact) mass is 661 g/mol. The quantitative estimate of drug-likeness (QED) is 0.357. The van der Waals surface area contributed by atoms with E-state index in [0.29, 0.717) is 17.2 Å². The highest BCUT2D eigenvalue weighted by Gasteiger charge is 2.28. The number of hydrogen-bond acceptors (Lipinski definition) is 5. The number of halogens is 4. The van der Waals surface area contributed by atoms with Crippen LogP contribution in [0.1, 0.15) is 34.3 Å². The van der Waals surface area contributed by atoms with Gasteiger partial charge in [0.2, 0.25) is 0 Å². The van der Waals surface area contributed by atoms with Crippen molar-refractivity contribution in [1.82, 2.24) is 20.1 Å². The van der Waals surface area contributed by atoms with Gasteiger partial charge in [-0.2, -0.15) is 0 Å². The van der Waals surface area contributed by atoms with Crippen molar-refractivity contribution in [3.63, 3.8) is 0 Å². The van der Waals surface area contributed by atoms with Crippen LogP contribution in [0.3, 0.4) is 0 Å². The third-order valence-electron chi connectivity index (χ3n) is 7.53. The number of aromatic nitrogens is 1. The highest BCUT2D eigenvalue weighted by molar-refractivity contribution is 9.10. The van der Waals surface area contributed by atoms with Crippen molar-refractivity contribution in [2.24, 2.45) is 0 Å². The van der Waals surface area contributed by atoms with Crippen molar-refractivity contribution < 1.29 is 13.6 Å². The molecule has 10 heteroatoms. The molecule has 2 aliphatic heterocycles. The standard InChI is InChI=1S/C29H31Br2F2N5O/c30-23-4-1-20(2-5-23)19-36-9-7-24(8-10-36)37-11-13-38(14-12-37)28-25(31)16-22(18-34-28)29(39)35-17-21-3-6-26(32)27(33)15-21/h1-6,15-16,18,24H,7-14,17,19H2,(H,35,39). The molecule has 1 aromatic heterocycles. The van der Waals surface area contributed by atoms with E-state index in [1.165, 1.54) is 24.5 Å². The molecule has 6 nitrogen and oxygen atoms in total. The smallest absolute Gasteiger partial charge is 0.253 e. The first kappa shape index (κ1) is 28.1. The second-order valence-electron chi connectivity index (χ2n) is 10.1. The number of hydrogen-bond donors (Lipinski definition) is 1. The van der Waals surface area contributed by atoms with Gasteiger partial charge in [0.1, 0.15) is 5.82 Å². The molecule has 5 rings (SSSR count). The predicted octanol–water partition coefficient (Wildman–Crippen LogP) is 5.60. The topological polar surface area (TPSA) is 51.7 Å². The Morgan fingerprint density at radius 1 is 0.897 bits per heavy atom. The minimum atomic E-state index is -0.933. The highest BCUT2D eigenvalue weighted by Crippen LogP contribution is 2.27. The Bertz CT molecular complexity index is 1290. The van der Waals surface area contributed by atoms with E-state index in [9.17, 15) is 13.6 Å². The van der Waals surface area contributed by atoms with E-state index in [1.54, 1.807) is 12.3 Å². The number of rotatable bonds is 7. The van der Waals surface area contributed by atoms with Gasteiger partial charge in [0.15, 0.2) is 11.6 Å². The molecule has 2 aliphatic rings. The fourth-order valence-corrected chi connectivity index (χ4v) is 6.18. The van der Waals surface area contributed by atoms with Crippen LogP contribution in [0.25, 0.3) is 0 Å². The first-order valence-electron chi connectivity index (χ1n) is 13.2. The highest BCUT2D eigenvalue weighted by atomic mass is 79.9. The third-order valence-corrected chi connectivity index (χ3v) is 8.64. The van der Waals surface area contributed by atoms with Crippen molar-refractivity contribution >= 4 is 43.6 Å². The number of benzene rings is 2. The van der Waals surface area contributed by atoms with Crippen molar-refractivity contribution in [1.29, 1.82) is 0 Å². The van der Waals surface area contributed by atoms with Gasteiger partial charge in [-0.3, -0.25) is 14.6 Å². The van der Waals surface area contributed by atoms with Crippen LogP contribution in [0, 0.1) is 11.6 Å². The van der Waals surface area contributed by atoms with Crippen LogP contribution in [-0.4, -0.2) is 66.0 Å². The van der Waals surface area contributed by atoms with Crippen LogP contribution >= 0.6 is 31.9 Å². The Morgan fingerprint density at radius 3 is 2.26 bits per heavy atom. The third kappa shape index (κ3) is 7.22. The lowest BCUT2D eigenvalue weighted by Crippen LogP contribution is -2.53. The molecule has 3 heterocycles. The molecule has 0 unspecified atom stereocenters. The first-order chi connectivity index (χ1) is 18.9. The number of amides is 1. The summed E-state index contributed by atoms with van der Waals surface area (Å²) in [5.41, 5.74) is 2.25. The zero-order chi connectivity index (χ0) is 27.4. The van der Waals surface area contributed by atoms with Crippen LogP contribution in [0.5, 0.6) is 0 Å². The summed E-state index contributed by atoms with van der Waals surface area (Å²) in [6, 6.07) is 14.6. The van der Waals surface area contributed by atoms with Crippen molar-refractivity contribution in [2.75, 3.05) is 44.2 Å². The molecular formula is C29H31Br2F2N5O. The SMILES string of the molecule is O=C(NCc1ccc(F)c(F)c1)c1cnc(N2CCN(C3CCN(Cc4ccc(Br)cc4)CC3)CC2)c(Br)c1. The fraction of sp³-hybridized carbons (Fsp3) is 0.379. The number of nitrogens with zero attached hydrogens (tertiary/aromatic N) is 4. The molecule has 2 aromatic carbocycles. The largest absolute Gasteiger partial charge is 0.353 e. The Balaban J connectivity index is 1.08. The average Bonchev–Trinajstić information content (AvgIpc) is 2.95. The summed E-state index contributed by atoms with van der Waals surface area (Å²) in [6.07, 6.45) is 3.94. The summed E-state index contributed by atoms with van der Waals surface area (Å²) in [7, 11) is 0. The van der Waals surface area contributed by atoms with Crippen LogP contribution in [-0.2, 0) is 13.1 Å². The van der Waals surface area contributed by atoms with E-state index >= 15 is 0 Å². The number of nitrogens with one attached hydrogen (secondary N) is 1. The number of piperidine rings is 1. The minimum Gasteiger partial charge on any atom is -0.353 e. The Kier molecular flexibility index (Phi) is 9.27. The van der Waals surface area contributed by atoms with Gasteiger partial charge in [-0.15, -0.1) is 0 Å². The van der Waals surface area contributed by atoms with Gasteiger partial charge < -0.3 is 10.2 Å². The fourth-order valence-electron chi connectivity index (χ4n) is 5.31. The molecule has 0 spiro atoms. The van der Waals surface area contributed by atoms with Crippen molar-refractivity contribution in [2.45, 2.75) is 32.0 Å². The molecule has 1 amide bonds. The number of carbonyl (C=O) groups is 1. The maximum atomic E-state index is 13.4. The zero-order valence-corrected chi connectivity index (χ0v) is 24.7. The molecule has 2 saturated heterocycles. The summed E-state index contributed by atoms with van der Waals surface area (Å²) < 4.78 is 28.4. The predicted molar refractivity (Wildman–Crippen MR) is 156 cm³/mol. The molecule has 206 valence electrons. The summed E-state index contributed by atoms with van der Waals surface area (Å²) in [4.78, 5) is 24.6. The lowest BCUT2D eigenvalue weighted by molar-refractivity contribution is 0.0950. The molecule has 0 saturated carbocycles. The summed E-state index contributed by atoms with van der Waals surface area (Å²) >= 11 is 7.10. The van der Waals surface area contributed by atoms with Gasteiger partial charge in [0, 0.05) is 56.0 Å². The van der Waals surface area contributed by atoms with Crippen LogP contribution in [0.15, 0.2) is 63.7 Å². The van der Waals surface area contributed by atoms with Crippen LogP contribution in [0.2, 0.25) is 0 Å². The van der Waals surface area contributed by atoms with Gasteiger partial charge in [-0.05, 0) is 83.3 Å². The van der Waals surface area contributed by atoms with E-state index in [1.807, 2.05) is 0 Å². The van der Waals surface area contributed by atoms with Gasteiger partial charge in [0.25, 0.3) is 5.91 Å². The Morgan fingerprint density at radius 2 is 1.59 bits per heavy atom. The minimum absolute atomic E-state index is 0.0977. The van der Waals surface area contributed by atoms with E-state index in [4.69, 9.17) is 0 Å².